The summed E-state index contributed by atoms with van der Waals surface area (Å²) in [6.07, 6.45) is 0. The Labute approximate surface area is 111 Å². The van der Waals surface area contributed by atoms with Crippen LogP contribution in [0.15, 0.2) is 30.3 Å². The molecule has 0 atom stereocenters. The normalized spacial score (nSPS) is 16.6. The second-order valence-corrected chi connectivity index (χ2v) is 4.80. The zero-order chi connectivity index (χ0) is 14.0. The Hall–Kier alpha value is -2.08. The lowest BCUT2D eigenvalue weighted by atomic mass is 10.0. The average Bonchev–Trinajstić information content (AvgIpc) is 2.39. The lowest BCUT2D eigenvalue weighted by Gasteiger charge is -2.41. The van der Waals surface area contributed by atoms with Crippen LogP contribution in [0.4, 0.5) is 10.5 Å². The molecule has 0 aromatic heterocycles. The molecule has 1 aromatic rings. The van der Waals surface area contributed by atoms with Crippen LogP contribution < -0.4 is 4.90 Å². The number of anilines is 1. The number of nitrogens with zero attached hydrogens (tertiary/aromatic N) is 2. The summed E-state index contributed by atoms with van der Waals surface area (Å²) in [6.45, 7) is 3.05. The monoisotopic (exact) mass is 264 g/mol. The van der Waals surface area contributed by atoms with Gasteiger partial charge in [-0.2, -0.15) is 0 Å². The van der Waals surface area contributed by atoms with Crippen LogP contribution in [0.1, 0.15) is 13.8 Å². The van der Waals surface area contributed by atoms with Gasteiger partial charge in [0.05, 0.1) is 0 Å². The summed E-state index contributed by atoms with van der Waals surface area (Å²) in [4.78, 5) is 26.2. The number of ether oxygens (including phenoxy) is 1. The summed E-state index contributed by atoms with van der Waals surface area (Å²) in [5, 5.41) is 9.20. The number of hydrogen-bond donors (Lipinski definition) is 1. The van der Waals surface area contributed by atoms with E-state index in [-0.39, 0.29) is 19.5 Å². The van der Waals surface area contributed by atoms with Crippen molar-refractivity contribution in [2.75, 3.05) is 18.4 Å². The summed E-state index contributed by atoms with van der Waals surface area (Å²) in [7, 11) is 0. The van der Waals surface area contributed by atoms with E-state index in [0.29, 0.717) is 5.69 Å². The first-order valence-electron chi connectivity index (χ1n) is 5.90. The molecule has 1 aliphatic heterocycles. The van der Waals surface area contributed by atoms with Crippen LogP contribution in [0, 0.1) is 0 Å². The van der Waals surface area contributed by atoms with E-state index in [9.17, 15) is 14.7 Å². The molecule has 0 aliphatic carbocycles. The van der Waals surface area contributed by atoms with Gasteiger partial charge in [0.2, 0.25) is 0 Å². The number of amides is 2. The molecular weight excluding hydrogens is 248 g/mol. The van der Waals surface area contributed by atoms with Crippen molar-refractivity contribution in [1.29, 1.82) is 0 Å². The zero-order valence-corrected chi connectivity index (χ0v) is 10.9. The summed E-state index contributed by atoms with van der Waals surface area (Å²) in [6, 6.07) is 8.65. The second-order valence-electron chi connectivity index (χ2n) is 4.80. The van der Waals surface area contributed by atoms with Gasteiger partial charge in [-0.3, -0.25) is 9.80 Å². The minimum atomic E-state index is -1.31. The minimum absolute atomic E-state index is 0.0263. The number of rotatable bonds is 3. The van der Waals surface area contributed by atoms with Gasteiger partial charge in [0.25, 0.3) is 0 Å². The molecule has 0 saturated carbocycles. The molecule has 1 saturated heterocycles. The standard InChI is InChI=1S/C13H16N2O4/c1-13(2,11(16)17)15-9-19-8-14(12(15)18)10-6-4-3-5-7-10/h3-7H,8-9H2,1-2H3,(H,16,17). The fraction of sp³-hybridized carbons (Fsp3) is 0.385. The van der Waals surface area contributed by atoms with Crippen LogP contribution in [-0.4, -0.2) is 41.0 Å². The number of carboxylic acids is 1. The van der Waals surface area contributed by atoms with Gasteiger partial charge in [0.1, 0.15) is 19.0 Å². The van der Waals surface area contributed by atoms with Crippen LogP contribution in [0.2, 0.25) is 0 Å². The van der Waals surface area contributed by atoms with Crippen LogP contribution in [-0.2, 0) is 9.53 Å². The fourth-order valence-electron chi connectivity index (χ4n) is 1.79. The Kier molecular flexibility index (Phi) is 3.44. The van der Waals surface area contributed by atoms with E-state index in [0.717, 1.165) is 0 Å². The Morgan fingerprint density at radius 3 is 2.47 bits per heavy atom. The quantitative estimate of drug-likeness (QED) is 0.902. The van der Waals surface area contributed by atoms with Crippen molar-refractivity contribution >= 4 is 17.7 Å². The lowest BCUT2D eigenvalue weighted by molar-refractivity contribution is -0.151. The molecule has 0 spiro atoms. The number of aliphatic carboxylic acids is 1. The van der Waals surface area contributed by atoms with E-state index in [1.807, 2.05) is 18.2 Å². The minimum Gasteiger partial charge on any atom is -0.480 e. The lowest BCUT2D eigenvalue weighted by Crippen LogP contribution is -2.61. The van der Waals surface area contributed by atoms with Gasteiger partial charge in [-0.25, -0.2) is 9.59 Å². The van der Waals surface area contributed by atoms with Gasteiger partial charge < -0.3 is 9.84 Å². The molecular formula is C13H16N2O4. The van der Waals surface area contributed by atoms with E-state index >= 15 is 0 Å². The molecule has 1 aromatic carbocycles. The van der Waals surface area contributed by atoms with E-state index in [1.54, 1.807) is 12.1 Å². The van der Waals surface area contributed by atoms with E-state index in [1.165, 1.54) is 23.6 Å². The molecule has 2 amide bonds. The van der Waals surface area contributed by atoms with Gasteiger partial charge in [-0.05, 0) is 26.0 Å². The Bertz CT molecular complexity index is 487. The Morgan fingerprint density at radius 1 is 1.26 bits per heavy atom. The number of carbonyl (C=O) groups excluding carboxylic acids is 1. The average molecular weight is 264 g/mol. The van der Waals surface area contributed by atoms with Crippen molar-refractivity contribution in [3.05, 3.63) is 30.3 Å². The molecule has 6 heteroatoms. The number of hydrogen-bond acceptors (Lipinski definition) is 3. The highest BCUT2D eigenvalue weighted by atomic mass is 16.5. The molecule has 102 valence electrons. The molecule has 0 unspecified atom stereocenters. The van der Waals surface area contributed by atoms with E-state index in [4.69, 9.17) is 4.74 Å². The number of carbonyl (C=O) groups is 2. The predicted molar refractivity (Wildman–Crippen MR) is 68.7 cm³/mol. The summed E-state index contributed by atoms with van der Waals surface area (Å²) >= 11 is 0. The topological polar surface area (TPSA) is 70.1 Å². The van der Waals surface area contributed by atoms with Crippen molar-refractivity contribution < 1.29 is 19.4 Å². The van der Waals surface area contributed by atoms with Gasteiger partial charge in [-0.1, -0.05) is 18.2 Å². The van der Waals surface area contributed by atoms with Crippen molar-refractivity contribution in [3.8, 4) is 0 Å². The highest BCUT2D eigenvalue weighted by Gasteiger charge is 2.42. The highest BCUT2D eigenvalue weighted by molar-refractivity contribution is 5.95. The van der Waals surface area contributed by atoms with Crippen molar-refractivity contribution in [2.24, 2.45) is 0 Å². The number of para-hydroxylation sites is 1. The van der Waals surface area contributed by atoms with Gasteiger partial charge in [0.15, 0.2) is 0 Å². The van der Waals surface area contributed by atoms with Crippen molar-refractivity contribution in [2.45, 2.75) is 19.4 Å². The molecule has 1 fully saturated rings. The second kappa shape index (κ2) is 4.89. The molecule has 2 rings (SSSR count). The Morgan fingerprint density at radius 2 is 1.89 bits per heavy atom. The SMILES string of the molecule is CC(C)(C(=O)O)N1COCN(c2ccccc2)C1=O. The molecule has 0 radical (unpaired) electrons. The van der Waals surface area contributed by atoms with E-state index < -0.39 is 11.5 Å². The summed E-state index contributed by atoms with van der Waals surface area (Å²) < 4.78 is 5.32. The van der Waals surface area contributed by atoms with Gasteiger partial charge in [0, 0.05) is 5.69 Å². The molecule has 1 N–H and O–H groups in total. The van der Waals surface area contributed by atoms with Crippen LogP contribution >= 0.6 is 0 Å². The van der Waals surface area contributed by atoms with Crippen LogP contribution in [0.3, 0.4) is 0 Å². The predicted octanol–water partition coefficient (Wildman–Crippen LogP) is 1.72. The molecule has 1 heterocycles. The van der Waals surface area contributed by atoms with Crippen LogP contribution in [0.25, 0.3) is 0 Å². The van der Waals surface area contributed by atoms with Crippen LogP contribution in [0.5, 0.6) is 0 Å². The third kappa shape index (κ3) is 2.39. The maximum absolute atomic E-state index is 12.4. The number of urea groups is 1. The van der Waals surface area contributed by atoms with Gasteiger partial charge in [-0.15, -0.1) is 0 Å². The van der Waals surface area contributed by atoms with E-state index in [2.05, 4.69) is 0 Å². The zero-order valence-electron chi connectivity index (χ0n) is 10.9. The first kappa shape index (κ1) is 13.4. The maximum Gasteiger partial charge on any atom is 0.329 e. The first-order chi connectivity index (χ1) is 8.94. The summed E-state index contributed by atoms with van der Waals surface area (Å²) in [5.74, 6) is -1.07. The van der Waals surface area contributed by atoms with Crippen molar-refractivity contribution in [3.63, 3.8) is 0 Å². The molecule has 1 aliphatic rings. The fourth-order valence-corrected chi connectivity index (χ4v) is 1.79. The molecule has 6 nitrogen and oxygen atoms in total. The first-order valence-corrected chi connectivity index (χ1v) is 5.90. The third-order valence-corrected chi connectivity index (χ3v) is 3.17. The summed E-state index contributed by atoms with van der Waals surface area (Å²) in [5.41, 5.74) is -0.636. The number of benzene rings is 1. The molecule has 0 bridgehead atoms. The Balaban J connectivity index is 2.27. The largest absolute Gasteiger partial charge is 0.480 e. The molecule has 19 heavy (non-hydrogen) atoms. The van der Waals surface area contributed by atoms with Gasteiger partial charge >= 0.3 is 12.0 Å². The number of carboxylic acid groups (broad SMARTS) is 1. The smallest absolute Gasteiger partial charge is 0.329 e. The van der Waals surface area contributed by atoms with Crippen molar-refractivity contribution in [1.82, 2.24) is 4.90 Å². The maximum atomic E-state index is 12.4. The third-order valence-electron chi connectivity index (χ3n) is 3.17. The highest BCUT2D eigenvalue weighted by Crippen LogP contribution is 2.24.